The van der Waals surface area contributed by atoms with Gasteiger partial charge in [0.2, 0.25) is 0 Å². The van der Waals surface area contributed by atoms with Crippen molar-refractivity contribution < 1.29 is 4.74 Å². The van der Waals surface area contributed by atoms with E-state index >= 15 is 0 Å². The number of aryl methyl sites for hydroxylation is 2. The second-order valence-corrected chi connectivity index (χ2v) is 9.31. The average Bonchev–Trinajstić information content (AvgIpc) is 3.27. The van der Waals surface area contributed by atoms with Crippen molar-refractivity contribution in [2.45, 2.75) is 84.5 Å². The van der Waals surface area contributed by atoms with Gasteiger partial charge >= 0.3 is 0 Å². The molecule has 1 N–H and O–H groups in total. The predicted octanol–water partition coefficient (Wildman–Crippen LogP) is 4.06. The zero-order valence-corrected chi connectivity index (χ0v) is 20.3. The molecule has 0 aliphatic heterocycles. The Kier molecular flexibility index (Phi) is 7.55. The minimum Gasteiger partial charge on any atom is -0.383 e. The normalized spacial score (nSPS) is 16.0. The van der Waals surface area contributed by atoms with E-state index < -0.39 is 0 Å². The maximum atomic E-state index is 13.1. The van der Waals surface area contributed by atoms with Gasteiger partial charge in [-0.1, -0.05) is 32.3 Å². The van der Waals surface area contributed by atoms with Crippen molar-refractivity contribution in [2.75, 3.05) is 13.7 Å². The van der Waals surface area contributed by atoms with E-state index in [0.717, 1.165) is 47.1 Å². The molecule has 1 fully saturated rings. The first-order valence-electron chi connectivity index (χ1n) is 12.2. The van der Waals surface area contributed by atoms with Gasteiger partial charge in [0.15, 0.2) is 5.82 Å². The maximum Gasteiger partial charge on any atom is 0.252 e. The Labute approximate surface area is 195 Å². The maximum absolute atomic E-state index is 13.1. The first kappa shape index (κ1) is 23.6. The second kappa shape index (κ2) is 10.6. The number of benzene rings is 1. The van der Waals surface area contributed by atoms with Gasteiger partial charge in [-0.3, -0.25) is 9.69 Å². The summed E-state index contributed by atoms with van der Waals surface area (Å²) >= 11 is 0. The highest BCUT2D eigenvalue weighted by Gasteiger charge is 2.32. The summed E-state index contributed by atoms with van der Waals surface area (Å²) in [4.78, 5) is 18.8. The van der Waals surface area contributed by atoms with E-state index in [4.69, 9.17) is 4.74 Å². The number of methoxy groups -OCH3 is 1. The smallest absolute Gasteiger partial charge is 0.252 e. The fourth-order valence-corrected chi connectivity index (χ4v) is 5.29. The van der Waals surface area contributed by atoms with Crippen LogP contribution in [0.4, 0.5) is 0 Å². The summed E-state index contributed by atoms with van der Waals surface area (Å²) in [5.41, 5.74) is 4.03. The SMILES string of the molecule is CC[C@H](c1nnnn1CCOC)N(Cc1cc2c(C)cc(C)cc2[nH]c1=O)C1CCCCC1. The van der Waals surface area contributed by atoms with Gasteiger partial charge in [-0.15, -0.1) is 5.10 Å². The van der Waals surface area contributed by atoms with Crippen LogP contribution in [0.15, 0.2) is 23.0 Å². The summed E-state index contributed by atoms with van der Waals surface area (Å²) in [7, 11) is 1.69. The molecule has 2 aromatic heterocycles. The molecule has 8 nitrogen and oxygen atoms in total. The summed E-state index contributed by atoms with van der Waals surface area (Å²) in [6, 6.07) is 6.74. The van der Waals surface area contributed by atoms with E-state index in [1.54, 1.807) is 7.11 Å². The lowest BCUT2D eigenvalue weighted by Crippen LogP contribution is -2.41. The molecule has 0 amide bonds. The van der Waals surface area contributed by atoms with Crippen molar-refractivity contribution in [1.29, 1.82) is 0 Å². The van der Waals surface area contributed by atoms with Gasteiger partial charge in [-0.25, -0.2) is 4.68 Å². The van der Waals surface area contributed by atoms with Crippen LogP contribution >= 0.6 is 0 Å². The molecule has 4 rings (SSSR count). The number of hydrogen-bond acceptors (Lipinski definition) is 6. The van der Waals surface area contributed by atoms with Gasteiger partial charge < -0.3 is 9.72 Å². The molecule has 0 spiro atoms. The number of nitrogens with zero attached hydrogens (tertiary/aromatic N) is 5. The Morgan fingerprint density at radius 2 is 2.00 bits per heavy atom. The third-order valence-corrected chi connectivity index (χ3v) is 6.94. The largest absolute Gasteiger partial charge is 0.383 e. The van der Waals surface area contributed by atoms with Gasteiger partial charge in [0.05, 0.1) is 19.2 Å². The number of nitrogens with one attached hydrogen (secondary N) is 1. The number of aromatic nitrogens is 5. The monoisotopic (exact) mass is 452 g/mol. The van der Waals surface area contributed by atoms with E-state index in [0.29, 0.717) is 25.7 Å². The van der Waals surface area contributed by atoms with Crippen LogP contribution in [0.3, 0.4) is 0 Å². The lowest BCUT2D eigenvalue weighted by molar-refractivity contribution is 0.0826. The number of aromatic amines is 1. The van der Waals surface area contributed by atoms with Crippen molar-refractivity contribution in [3.8, 4) is 0 Å². The van der Waals surface area contributed by atoms with Gasteiger partial charge in [0.1, 0.15) is 0 Å². The molecule has 2 heterocycles. The molecule has 1 saturated carbocycles. The quantitative estimate of drug-likeness (QED) is 0.527. The van der Waals surface area contributed by atoms with Crippen molar-refractivity contribution in [3.05, 3.63) is 51.1 Å². The number of ether oxygens (including phenoxy) is 1. The molecule has 0 unspecified atom stereocenters. The lowest BCUT2D eigenvalue weighted by Gasteiger charge is -2.39. The topological polar surface area (TPSA) is 88.9 Å². The fourth-order valence-electron chi connectivity index (χ4n) is 5.29. The van der Waals surface area contributed by atoms with Crippen LogP contribution in [0.5, 0.6) is 0 Å². The standard InChI is InChI=1S/C25H36N6O2/c1-5-23(24-27-28-29-31(24)11-12-33-4)30(20-9-7-6-8-10-20)16-19-15-21-18(3)13-17(2)14-22(21)26-25(19)32/h13-15,20,23H,5-12,16H2,1-4H3,(H,26,32)/t23-/m1/s1. The molecule has 1 aliphatic rings. The molecule has 1 aromatic carbocycles. The Morgan fingerprint density at radius 1 is 1.21 bits per heavy atom. The Morgan fingerprint density at radius 3 is 2.73 bits per heavy atom. The Hall–Kier alpha value is -2.58. The molecular formula is C25H36N6O2. The molecule has 3 aromatic rings. The molecule has 33 heavy (non-hydrogen) atoms. The van der Waals surface area contributed by atoms with E-state index in [-0.39, 0.29) is 11.6 Å². The van der Waals surface area contributed by atoms with Gasteiger partial charge in [-0.2, -0.15) is 0 Å². The van der Waals surface area contributed by atoms with Crippen LogP contribution < -0.4 is 5.56 Å². The second-order valence-electron chi connectivity index (χ2n) is 9.31. The molecule has 0 radical (unpaired) electrons. The fraction of sp³-hybridized carbons (Fsp3) is 0.600. The summed E-state index contributed by atoms with van der Waals surface area (Å²) in [5.74, 6) is 0.851. The van der Waals surface area contributed by atoms with E-state index in [1.165, 1.54) is 24.8 Å². The number of rotatable bonds is 9. The van der Waals surface area contributed by atoms with E-state index in [2.05, 4.69) is 58.3 Å². The summed E-state index contributed by atoms with van der Waals surface area (Å²) in [6.45, 7) is 8.09. The Balaban J connectivity index is 1.73. The van der Waals surface area contributed by atoms with Crippen LogP contribution in [0.2, 0.25) is 0 Å². The number of tetrazole rings is 1. The first-order valence-corrected chi connectivity index (χ1v) is 12.2. The minimum absolute atomic E-state index is 0.0119. The van der Waals surface area contributed by atoms with Crippen molar-refractivity contribution in [1.82, 2.24) is 30.1 Å². The molecule has 178 valence electrons. The van der Waals surface area contributed by atoms with E-state index in [1.807, 2.05) is 10.7 Å². The number of hydrogen-bond donors (Lipinski definition) is 1. The zero-order chi connectivity index (χ0) is 23.4. The zero-order valence-electron chi connectivity index (χ0n) is 20.3. The third-order valence-electron chi connectivity index (χ3n) is 6.94. The van der Waals surface area contributed by atoms with Gasteiger partial charge in [0.25, 0.3) is 5.56 Å². The minimum atomic E-state index is -0.0119. The van der Waals surface area contributed by atoms with Gasteiger partial charge in [-0.05, 0) is 66.8 Å². The molecule has 1 atom stereocenters. The van der Waals surface area contributed by atoms with Crippen LogP contribution in [-0.2, 0) is 17.8 Å². The van der Waals surface area contributed by atoms with Crippen molar-refractivity contribution in [3.63, 3.8) is 0 Å². The van der Waals surface area contributed by atoms with Crippen LogP contribution in [0, 0.1) is 13.8 Å². The average molecular weight is 453 g/mol. The van der Waals surface area contributed by atoms with Crippen molar-refractivity contribution in [2.24, 2.45) is 0 Å². The van der Waals surface area contributed by atoms with Crippen LogP contribution in [-0.4, -0.2) is 49.8 Å². The summed E-state index contributed by atoms with van der Waals surface area (Å²) < 4.78 is 7.11. The highest BCUT2D eigenvalue weighted by molar-refractivity contribution is 5.83. The number of fused-ring (bicyclic) bond motifs is 1. The third kappa shape index (κ3) is 5.17. The molecule has 1 aliphatic carbocycles. The highest BCUT2D eigenvalue weighted by atomic mass is 16.5. The van der Waals surface area contributed by atoms with E-state index in [9.17, 15) is 4.79 Å². The number of pyridine rings is 1. The Bertz CT molecular complexity index is 1130. The van der Waals surface area contributed by atoms with Gasteiger partial charge in [0, 0.05) is 36.2 Å². The molecular weight excluding hydrogens is 416 g/mol. The highest BCUT2D eigenvalue weighted by Crippen LogP contribution is 2.33. The van der Waals surface area contributed by atoms with Crippen molar-refractivity contribution >= 4 is 10.9 Å². The molecule has 8 heteroatoms. The number of H-pyrrole nitrogens is 1. The van der Waals surface area contributed by atoms with Crippen LogP contribution in [0.1, 0.15) is 74.0 Å². The molecule has 0 saturated heterocycles. The van der Waals surface area contributed by atoms with Crippen LogP contribution in [0.25, 0.3) is 10.9 Å². The predicted molar refractivity (Wildman–Crippen MR) is 129 cm³/mol. The lowest BCUT2D eigenvalue weighted by atomic mass is 9.92. The summed E-state index contributed by atoms with van der Waals surface area (Å²) in [5, 5.41) is 13.7. The summed E-state index contributed by atoms with van der Waals surface area (Å²) in [6.07, 6.45) is 6.87. The first-order chi connectivity index (χ1) is 16.0. The molecule has 0 bridgehead atoms.